The normalized spacial score (nSPS) is 18.1. The SMILES string of the molecule is COc1ccc2c(COc3cccc4[nH]c(C(=O)O)cc34)coc2c1.C[C@@H](CN1CCC(N)CC1)N1CCC(O)CC1. The molecule has 0 unspecified atom stereocenters. The number of furan rings is 1. The second kappa shape index (κ2) is 13.6. The molecule has 2 aromatic heterocycles. The molecule has 0 spiro atoms. The lowest BCUT2D eigenvalue weighted by molar-refractivity contribution is 0.0507. The first kappa shape index (κ1) is 29.9. The molecule has 0 radical (unpaired) electrons. The zero-order chi connectivity index (χ0) is 29.6. The van der Waals surface area contributed by atoms with Crippen LogP contribution >= 0.6 is 0 Å². The number of hydrogen-bond acceptors (Lipinski definition) is 8. The number of carboxylic acids is 1. The molecule has 0 amide bonds. The van der Waals surface area contributed by atoms with Crippen molar-refractivity contribution in [2.75, 3.05) is 39.8 Å². The van der Waals surface area contributed by atoms with Gasteiger partial charge in [-0.1, -0.05) is 6.07 Å². The number of carbonyl (C=O) groups is 1. The van der Waals surface area contributed by atoms with E-state index in [0.29, 0.717) is 24.4 Å². The van der Waals surface area contributed by atoms with Gasteiger partial charge in [0.25, 0.3) is 0 Å². The fourth-order valence-electron chi connectivity index (χ4n) is 5.78. The molecule has 4 aromatic rings. The van der Waals surface area contributed by atoms with Gasteiger partial charge in [0.15, 0.2) is 0 Å². The Morgan fingerprint density at radius 3 is 2.57 bits per heavy atom. The van der Waals surface area contributed by atoms with Crippen molar-refractivity contribution in [2.45, 2.75) is 57.4 Å². The lowest BCUT2D eigenvalue weighted by atomic mass is 10.0. The van der Waals surface area contributed by atoms with Crippen LogP contribution in [0, 0.1) is 0 Å². The summed E-state index contributed by atoms with van der Waals surface area (Å²) < 4.78 is 16.7. The van der Waals surface area contributed by atoms with Gasteiger partial charge >= 0.3 is 5.97 Å². The molecule has 226 valence electrons. The number of methoxy groups -OCH3 is 1. The van der Waals surface area contributed by atoms with Crippen LogP contribution in [0.3, 0.4) is 0 Å². The first-order valence-corrected chi connectivity index (χ1v) is 14.7. The molecule has 2 aliphatic heterocycles. The van der Waals surface area contributed by atoms with E-state index in [0.717, 1.165) is 91.6 Å². The van der Waals surface area contributed by atoms with Gasteiger partial charge in [-0.15, -0.1) is 0 Å². The van der Waals surface area contributed by atoms with Crippen LogP contribution in [0.5, 0.6) is 11.5 Å². The van der Waals surface area contributed by atoms with Crippen molar-refractivity contribution < 1.29 is 28.9 Å². The smallest absolute Gasteiger partial charge is 0.352 e. The number of benzene rings is 2. The highest BCUT2D eigenvalue weighted by molar-refractivity contribution is 5.96. The van der Waals surface area contributed by atoms with Crippen LogP contribution in [0.2, 0.25) is 0 Å². The molecule has 4 heterocycles. The number of carboxylic acid groups (broad SMARTS) is 1. The van der Waals surface area contributed by atoms with E-state index >= 15 is 0 Å². The summed E-state index contributed by atoms with van der Waals surface area (Å²) in [7, 11) is 1.61. The molecule has 0 aliphatic carbocycles. The lowest BCUT2D eigenvalue weighted by Gasteiger charge is -2.38. The molecule has 0 saturated carbocycles. The fraction of sp³-hybridized carbons (Fsp3) is 0.469. The monoisotopic (exact) mass is 578 g/mol. The molecule has 42 heavy (non-hydrogen) atoms. The van der Waals surface area contributed by atoms with E-state index in [1.165, 1.54) is 0 Å². The van der Waals surface area contributed by atoms with Crippen molar-refractivity contribution in [1.29, 1.82) is 0 Å². The molecule has 5 N–H and O–H groups in total. The van der Waals surface area contributed by atoms with E-state index < -0.39 is 5.97 Å². The highest BCUT2D eigenvalue weighted by Gasteiger charge is 2.24. The van der Waals surface area contributed by atoms with Crippen LogP contribution in [-0.2, 0) is 6.61 Å². The van der Waals surface area contributed by atoms with Gasteiger partial charge < -0.3 is 39.7 Å². The van der Waals surface area contributed by atoms with E-state index in [-0.39, 0.29) is 11.8 Å². The average molecular weight is 579 g/mol. The Hall–Kier alpha value is -3.57. The molecule has 2 saturated heterocycles. The molecule has 6 rings (SSSR count). The van der Waals surface area contributed by atoms with Crippen LogP contribution < -0.4 is 15.2 Å². The van der Waals surface area contributed by atoms with E-state index in [1.54, 1.807) is 19.4 Å². The Bertz CT molecular complexity index is 1470. The maximum atomic E-state index is 11.1. The van der Waals surface area contributed by atoms with Crippen molar-refractivity contribution in [2.24, 2.45) is 5.73 Å². The summed E-state index contributed by atoms with van der Waals surface area (Å²) in [5.74, 6) is 0.341. The second-order valence-electron chi connectivity index (χ2n) is 11.4. The number of nitrogens with two attached hydrogens (primary N) is 1. The zero-order valence-electron chi connectivity index (χ0n) is 24.4. The number of nitrogens with one attached hydrogen (secondary N) is 1. The third-order valence-electron chi connectivity index (χ3n) is 8.38. The molecule has 1 atom stereocenters. The number of hydrogen-bond donors (Lipinski definition) is 4. The summed E-state index contributed by atoms with van der Waals surface area (Å²) in [5.41, 5.74) is 8.41. The largest absolute Gasteiger partial charge is 0.497 e. The van der Waals surface area contributed by atoms with Crippen LogP contribution in [-0.4, -0.2) is 89.0 Å². The predicted molar refractivity (Wildman–Crippen MR) is 162 cm³/mol. The van der Waals surface area contributed by atoms with Crippen LogP contribution in [0.15, 0.2) is 53.1 Å². The number of likely N-dealkylation sites (tertiary alicyclic amines) is 2. The highest BCUT2D eigenvalue weighted by Crippen LogP contribution is 2.30. The average Bonchev–Trinajstić information content (AvgIpc) is 3.62. The van der Waals surface area contributed by atoms with Crippen molar-refractivity contribution in [1.82, 2.24) is 14.8 Å². The molecule has 2 aromatic carbocycles. The number of nitrogens with zero attached hydrogens (tertiary/aromatic N) is 2. The van der Waals surface area contributed by atoms with E-state index in [2.05, 4.69) is 21.7 Å². The van der Waals surface area contributed by atoms with E-state index in [9.17, 15) is 9.90 Å². The van der Waals surface area contributed by atoms with Gasteiger partial charge in [-0.2, -0.15) is 0 Å². The Morgan fingerprint density at radius 2 is 1.86 bits per heavy atom. The third kappa shape index (κ3) is 7.25. The summed E-state index contributed by atoms with van der Waals surface area (Å²) in [6, 6.07) is 13.7. The number of aromatic carboxylic acids is 1. The summed E-state index contributed by atoms with van der Waals surface area (Å²) >= 11 is 0. The first-order chi connectivity index (χ1) is 20.3. The second-order valence-corrected chi connectivity index (χ2v) is 11.4. The predicted octanol–water partition coefficient (Wildman–Crippen LogP) is 4.45. The van der Waals surface area contributed by atoms with Crippen LogP contribution in [0.4, 0.5) is 0 Å². The Kier molecular flexibility index (Phi) is 9.69. The molecule has 0 bridgehead atoms. The number of aromatic amines is 1. The van der Waals surface area contributed by atoms with Crippen molar-refractivity contribution >= 4 is 27.8 Å². The lowest BCUT2D eigenvalue weighted by Crippen LogP contribution is -2.49. The molecular formula is C32H42N4O6. The number of ether oxygens (including phenoxy) is 2. The van der Waals surface area contributed by atoms with Crippen LogP contribution in [0.1, 0.15) is 48.7 Å². The number of aliphatic hydroxyl groups excluding tert-OH is 1. The molecule has 10 heteroatoms. The van der Waals surface area contributed by atoms with Gasteiger partial charge in [-0.3, -0.25) is 4.90 Å². The van der Waals surface area contributed by atoms with E-state index in [4.69, 9.17) is 24.7 Å². The van der Waals surface area contributed by atoms with Gasteiger partial charge in [0.05, 0.1) is 19.5 Å². The number of piperidine rings is 2. The molecule has 2 aliphatic rings. The number of fused-ring (bicyclic) bond motifs is 2. The first-order valence-electron chi connectivity index (χ1n) is 14.7. The highest BCUT2D eigenvalue weighted by atomic mass is 16.5. The third-order valence-corrected chi connectivity index (χ3v) is 8.38. The standard InChI is InChI=1S/C19H15NO5.C13H27N3O/c1-23-12-5-6-13-11(10-25-18(13)7-12)9-24-17-4-2-3-15-14(17)8-16(20-15)19(21)22;1-11(16-8-4-13(17)5-9-16)10-15-6-2-12(14)3-7-15/h2-8,10,20H,9H2,1H3,(H,21,22);11-13,17H,2-10,14H2,1H3/t;11-/m.0/s1. The van der Waals surface area contributed by atoms with Crippen molar-refractivity contribution in [3.63, 3.8) is 0 Å². The number of H-pyrrole nitrogens is 1. The minimum atomic E-state index is -1.00. The minimum absolute atomic E-state index is 0.0635. The van der Waals surface area contributed by atoms with Gasteiger partial charge in [-0.05, 0) is 76.0 Å². The summed E-state index contributed by atoms with van der Waals surface area (Å²) in [5, 5.41) is 20.3. The number of aromatic nitrogens is 1. The van der Waals surface area contributed by atoms with Crippen LogP contribution in [0.25, 0.3) is 21.9 Å². The summed E-state index contributed by atoms with van der Waals surface area (Å²) in [6.07, 6.45) is 5.76. The maximum absolute atomic E-state index is 11.1. The van der Waals surface area contributed by atoms with Crippen molar-refractivity contribution in [3.8, 4) is 11.5 Å². The molecular weight excluding hydrogens is 536 g/mol. The quantitative estimate of drug-likeness (QED) is 0.239. The number of rotatable bonds is 8. The summed E-state index contributed by atoms with van der Waals surface area (Å²) in [4.78, 5) is 19.0. The molecule has 2 fully saturated rings. The van der Waals surface area contributed by atoms with Crippen molar-refractivity contribution in [3.05, 3.63) is 60.0 Å². The summed E-state index contributed by atoms with van der Waals surface area (Å²) in [6.45, 7) is 8.19. The van der Waals surface area contributed by atoms with Gasteiger partial charge in [-0.25, -0.2) is 4.79 Å². The van der Waals surface area contributed by atoms with Gasteiger partial charge in [0.1, 0.15) is 29.4 Å². The number of aliphatic hydroxyl groups is 1. The van der Waals surface area contributed by atoms with Gasteiger partial charge in [0, 0.05) is 59.6 Å². The topological polar surface area (TPSA) is 137 Å². The molecule has 10 nitrogen and oxygen atoms in total. The zero-order valence-corrected chi connectivity index (χ0v) is 24.4. The minimum Gasteiger partial charge on any atom is -0.497 e. The maximum Gasteiger partial charge on any atom is 0.352 e. The Morgan fingerprint density at radius 1 is 1.10 bits per heavy atom. The Labute approximate surface area is 246 Å². The Balaban J connectivity index is 0.000000181. The van der Waals surface area contributed by atoms with Gasteiger partial charge in [0.2, 0.25) is 0 Å². The fourth-order valence-corrected chi connectivity index (χ4v) is 5.78. The van der Waals surface area contributed by atoms with E-state index in [1.807, 2.05) is 36.4 Å².